The van der Waals surface area contributed by atoms with E-state index in [2.05, 4.69) is 23.7 Å². The van der Waals surface area contributed by atoms with Crippen LogP contribution >= 0.6 is 11.3 Å². The third-order valence-electron chi connectivity index (χ3n) is 3.18. The number of hydrogen-bond acceptors (Lipinski definition) is 5. The van der Waals surface area contributed by atoms with E-state index in [0.717, 1.165) is 17.2 Å². The van der Waals surface area contributed by atoms with E-state index in [1.165, 1.54) is 0 Å². The molecule has 1 atom stereocenters. The van der Waals surface area contributed by atoms with Crippen LogP contribution in [-0.2, 0) is 16.0 Å². The Hall–Kier alpha value is -0.780. The molecule has 0 aromatic carbocycles. The van der Waals surface area contributed by atoms with Gasteiger partial charge in [0, 0.05) is 30.2 Å². The first-order chi connectivity index (χ1) is 8.56. The van der Waals surface area contributed by atoms with Crippen molar-refractivity contribution >= 4 is 17.1 Å². The van der Waals surface area contributed by atoms with E-state index in [-0.39, 0.29) is 11.9 Å². The number of aryl methyl sites for hydroxylation is 1. The second-order valence-corrected chi connectivity index (χ2v) is 5.92. The van der Waals surface area contributed by atoms with Gasteiger partial charge in [0.25, 0.3) is 0 Å². The Morgan fingerprint density at radius 3 is 3.06 bits per heavy atom. The van der Waals surface area contributed by atoms with Gasteiger partial charge in [-0.05, 0) is 20.8 Å². The molecule has 0 spiro atoms. The molecular formula is C13H20N2O2S. The van der Waals surface area contributed by atoms with Crippen LogP contribution < -0.4 is 0 Å². The molecule has 0 radical (unpaired) electrons. The molecule has 1 aliphatic heterocycles. The minimum atomic E-state index is -0.287. The fourth-order valence-corrected chi connectivity index (χ4v) is 2.86. The van der Waals surface area contributed by atoms with Crippen molar-refractivity contribution in [1.29, 1.82) is 0 Å². The molecule has 1 unspecified atom stereocenters. The summed E-state index contributed by atoms with van der Waals surface area (Å²) >= 11 is 1.55. The molecule has 2 rings (SSSR count). The van der Waals surface area contributed by atoms with Gasteiger partial charge in [0.15, 0.2) is 5.78 Å². The molecule has 1 aliphatic rings. The van der Waals surface area contributed by atoms with E-state index in [9.17, 15) is 4.79 Å². The highest BCUT2D eigenvalue weighted by atomic mass is 32.1. The van der Waals surface area contributed by atoms with Gasteiger partial charge >= 0.3 is 0 Å². The van der Waals surface area contributed by atoms with Gasteiger partial charge in [-0.2, -0.15) is 0 Å². The summed E-state index contributed by atoms with van der Waals surface area (Å²) < 4.78 is 5.58. The number of ether oxygens (including phenoxy) is 1. The lowest BCUT2D eigenvalue weighted by molar-refractivity contribution is -0.136. The molecule has 1 fully saturated rings. The van der Waals surface area contributed by atoms with Crippen molar-refractivity contribution < 1.29 is 9.53 Å². The second kappa shape index (κ2) is 5.91. The van der Waals surface area contributed by atoms with Crippen molar-refractivity contribution in [3.8, 4) is 0 Å². The molecule has 0 bridgehead atoms. The van der Waals surface area contributed by atoms with Gasteiger partial charge in [0.1, 0.15) is 11.1 Å². The van der Waals surface area contributed by atoms with Crippen molar-refractivity contribution in [1.82, 2.24) is 9.88 Å². The third kappa shape index (κ3) is 3.37. The standard InChI is InChI=1S/C13H20N2O2S/c1-9(2)15-4-5-17-12(7-15)11(16)6-13-14-10(3)8-18-13/h8-9,12H,4-7H2,1-3H3. The molecule has 1 saturated heterocycles. The van der Waals surface area contributed by atoms with E-state index in [1.54, 1.807) is 11.3 Å². The zero-order chi connectivity index (χ0) is 13.1. The average molecular weight is 268 g/mol. The number of Topliss-reactive ketones (excluding diaryl/α,β-unsaturated/α-hetero) is 1. The maximum absolute atomic E-state index is 12.2. The highest BCUT2D eigenvalue weighted by Crippen LogP contribution is 2.14. The van der Waals surface area contributed by atoms with E-state index < -0.39 is 0 Å². The molecule has 0 amide bonds. The van der Waals surface area contributed by atoms with Crippen LogP contribution in [0.4, 0.5) is 0 Å². The maximum Gasteiger partial charge on any atom is 0.169 e. The van der Waals surface area contributed by atoms with Crippen LogP contribution in [0.3, 0.4) is 0 Å². The lowest BCUT2D eigenvalue weighted by Gasteiger charge is -2.34. The first-order valence-corrected chi connectivity index (χ1v) is 7.23. The number of nitrogens with zero attached hydrogens (tertiary/aromatic N) is 2. The van der Waals surface area contributed by atoms with E-state index in [0.29, 0.717) is 25.6 Å². The van der Waals surface area contributed by atoms with Crippen LogP contribution in [0.2, 0.25) is 0 Å². The summed E-state index contributed by atoms with van der Waals surface area (Å²) in [6.45, 7) is 8.51. The zero-order valence-corrected chi connectivity index (χ0v) is 12.0. The third-order valence-corrected chi connectivity index (χ3v) is 4.15. The number of carbonyl (C=O) groups is 1. The summed E-state index contributed by atoms with van der Waals surface area (Å²) in [4.78, 5) is 18.8. The topological polar surface area (TPSA) is 42.4 Å². The molecule has 100 valence electrons. The van der Waals surface area contributed by atoms with Crippen LogP contribution in [0.1, 0.15) is 24.5 Å². The lowest BCUT2D eigenvalue weighted by Crippen LogP contribution is -2.49. The van der Waals surface area contributed by atoms with Crippen LogP contribution in [-0.4, -0.2) is 47.5 Å². The predicted octanol–water partition coefficient (Wildman–Crippen LogP) is 1.67. The molecule has 0 N–H and O–H groups in total. The summed E-state index contributed by atoms with van der Waals surface area (Å²) in [5.74, 6) is 0.148. The number of ketones is 1. The minimum absolute atomic E-state index is 0.148. The zero-order valence-electron chi connectivity index (χ0n) is 11.2. The quantitative estimate of drug-likeness (QED) is 0.833. The summed E-state index contributed by atoms with van der Waals surface area (Å²) in [6.07, 6.45) is 0.111. The smallest absolute Gasteiger partial charge is 0.169 e. The van der Waals surface area contributed by atoms with Gasteiger partial charge in [-0.25, -0.2) is 4.98 Å². The molecular weight excluding hydrogens is 248 g/mol. The number of rotatable bonds is 4. The number of aromatic nitrogens is 1. The fourth-order valence-electron chi connectivity index (χ4n) is 2.08. The summed E-state index contributed by atoms with van der Waals surface area (Å²) in [5.41, 5.74) is 0.983. The first kappa shape index (κ1) is 13.6. The van der Waals surface area contributed by atoms with Crippen molar-refractivity contribution in [3.05, 3.63) is 16.1 Å². The summed E-state index contributed by atoms with van der Waals surface area (Å²) in [7, 11) is 0. The molecule has 18 heavy (non-hydrogen) atoms. The summed E-state index contributed by atoms with van der Waals surface area (Å²) in [6, 6.07) is 0.464. The highest BCUT2D eigenvalue weighted by molar-refractivity contribution is 7.09. The molecule has 4 nitrogen and oxygen atoms in total. The van der Waals surface area contributed by atoms with Gasteiger partial charge in [-0.1, -0.05) is 0 Å². The van der Waals surface area contributed by atoms with E-state index >= 15 is 0 Å². The minimum Gasteiger partial charge on any atom is -0.368 e. The van der Waals surface area contributed by atoms with Gasteiger partial charge in [0.2, 0.25) is 0 Å². The maximum atomic E-state index is 12.2. The van der Waals surface area contributed by atoms with Crippen molar-refractivity contribution in [2.24, 2.45) is 0 Å². The molecule has 1 aromatic rings. The monoisotopic (exact) mass is 268 g/mol. The molecule has 0 aliphatic carbocycles. The van der Waals surface area contributed by atoms with Crippen molar-refractivity contribution in [2.45, 2.75) is 39.3 Å². The summed E-state index contributed by atoms with van der Waals surface area (Å²) in [5, 5.41) is 2.87. The Bertz CT molecular complexity index is 417. The normalized spacial score (nSPS) is 21.4. The van der Waals surface area contributed by atoms with Crippen LogP contribution in [0.15, 0.2) is 5.38 Å². The van der Waals surface area contributed by atoms with Crippen LogP contribution in [0.25, 0.3) is 0 Å². The predicted molar refractivity (Wildman–Crippen MR) is 72.0 cm³/mol. The molecule has 5 heteroatoms. The fraction of sp³-hybridized carbons (Fsp3) is 0.692. The second-order valence-electron chi connectivity index (χ2n) is 4.97. The number of morpholine rings is 1. The average Bonchev–Trinajstić information content (AvgIpc) is 2.75. The molecule has 2 heterocycles. The Kier molecular flexibility index (Phi) is 4.48. The van der Waals surface area contributed by atoms with Gasteiger partial charge in [0.05, 0.1) is 13.0 Å². The highest BCUT2D eigenvalue weighted by Gasteiger charge is 2.28. The number of hydrogen-bond donors (Lipinski definition) is 0. The van der Waals surface area contributed by atoms with Crippen molar-refractivity contribution in [3.63, 3.8) is 0 Å². The number of carbonyl (C=O) groups excluding carboxylic acids is 1. The SMILES string of the molecule is Cc1csc(CC(=O)C2CN(C(C)C)CCO2)n1. The largest absolute Gasteiger partial charge is 0.368 e. The van der Waals surface area contributed by atoms with Crippen molar-refractivity contribution in [2.75, 3.05) is 19.7 Å². The first-order valence-electron chi connectivity index (χ1n) is 6.35. The van der Waals surface area contributed by atoms with Gasteiger partial charge in [-0.3, -0.25) is 9.69 Å². The number of thiazole rings is 1. The van der Waals surface area contributed by atoms with Gasteiger partial charge < -0.3 is 4.74 Å². The Morgan fingerprint density at radius 1 is 1.67 bits per heavy atom. The Morgan fingerprint density at radius 2 is 2.44 bits per heavy atom. The molecule has 0 saturated carbocycles. The van der Waals surface area contributed by atoms with E-state index in [4.69, 9.17) is 4.74 Å². The van der Waals surface area contributed by atoms with Crippen LogP contribution in [0, 0.1) is 6.92 Å². The van der Waals surface area contributed by atoms with Crippen LogP contribution in [0.5, 0.6) is 0 Å². The Balaban J connectivity index is 1.92. The molecule has 1 aromatic heterocycles. The van der Waals surface area contributed by atoms with Gasteiger partial charge in [-0.15, -0.1) is 11.3 Å². The Labute approximate surface area is 112 Å². The lowest BCUT2D eigenvalue weighted by atomic mass is 10.1. The van der Waals surface area contributed by atoms with E-state index in [1.807, 2.05) is 12.3 Å².